The first-order valence-corrected chi connectivity index (χ1v) is 9.13. The summed E-state index contributed by atoms with van der Waals surface area (Å²) >= 11 is 0. The maximum Gasteiger partial charge on any atom is 0.162 e. The van der Waals surface area contributed by atoms with Crippen molar-refractivity contribution in [2.75, 3.05) is 19.0 Å². The zero-order chi connectivity index (χ0) is 18.6. The molecule has 0 unspecified atom stereocenters. The van der Waals surface area contributed by atoms with Gasteiger partial charge in [0.1, 0.15) is 18.1 Å². The molecule has 0 atom stereocenters. The van der Waals surface area contributed by atoms with E-state index in [9.17, 15) is 0 Å². The molecule has 0 bridgehead atoms. The summed E-state index contributed by atoms with van der Waals surface area (Å²) in [6.07, 6.45) is 15.7. The average molecular weight is 362 g/mol. The van der Waals surface area contributed by atoms with Crippen LogP contribution in [0, 0.1) is 12.3 Å². The third-order valence-electron chi connectivity index (χ3n) is 4.87. The van der Waals surface area contributed by atoms with Gasteiger partial charge in [-0.15, -0.1) is 6.42 Å². The minimum Gasteiger partial charge on any atom is -0.493 e. The lowest BCUT2D eigenvalue weighted by Gasteiger charge is -2.15. The van der Waals surface area contributed by atoms with Crippen LogP contribution >= 0.6 is 0 Å². The summed E-state index contributed by atoms with van der Waals surface area (Å²) < 4.78 is 13.1. The fourth-order valence-electron chi connectivity index (χ4n) is 3.56. The van der Waals surface area contributed by atoms with Crippen LogP contribution in [0.25, 0.3) is 16.9 Å². The van der Waals surface area contributed by atoms with E-state index >= 15 is 0 Å². The molecule has 1 aliphatic carbocycles. The number of terminal acetylenes is 1. The first-order valence-electron chi connectivity index (χ1n) is 9.13. The van der Waals surface area contributed by atoms with Crippen molar-refractivity contribution in [3.8, 4) is 35.1 Å². The molecule has 0 saturated heterocycles. The summed E-state index contributed by atoms with van der Waals surface area (Å²) in [6.45, 7) is 0.199. The Hall–Kier alpha value is -3.20. The molecule has 0 radical (unpaired) electrons. The van der Waals surface area contributed by atoms with E-state index in [1.807, 2.05) is 24.4 Å². The van der Waals surface area contributed by atoms with Gasteiger partial charge in [-0.05, 0) is 31.0 Å². The van der Waals surface area contributed by atoms with Crippen LogP contribution in [0.3, 0.4) is 0 Å². The second-order valence-corrected chi connectivity index (χ2v) is 6.60. The molecule has 1 fully saturated rings. The van der Waals surface area contributed by atoms with Crippen molar-refractivity contribution in [1.82, 2.24) is 14.4 Å². The highest BCUT2D eigenvalue weighted by atomic mass is 16.5. The van der Waals surface area contributed by atoms with Gasteiger partial charge in [0.05, 0.1) is 13.3 Å². The molecule has 6 heteroatoms. The highest BCUT2D eigenvalue weighted by Crippen LogP contribution is 2.36. The predicted molar refractivity (Wildman–Crippen MR) is 105 cm³/mol. The van der Waals surface area contributed by atoms with Gasteiger partial charge in [0.2, 0.25) is 0 Å². The molecule has 4 rings (SSSR count). The number of imidazole rings is 1. The Morgan fingerprint density at radius 2 is 2.15 bits per heavy atom. The van der Waals surface area contributed by atoms with Gasteiger partial charge < -0.3 is 14.8 Å². The van der Waals surface area contributed by atoms with E-state index in [-0.39, 0.29) is 6.61 Å². The Morgan fingerprint density at radius 1 is 1.30 bits per heavy atom. The summed E-state index contributed by atoms with van der Waals surface area (Å²) in [5.41, 5.74) is 2.63. The number of nitrogens with one attached hydrogen (secondary N) is 1. The molecular formula is C21H22N4O2. The Bertz CT molecular complexity index is 984. The number of methoxy groups -OCH3 is 1. The molecule has 2 aromatic heterocycles. The van der Waals surface area contributed by atoms with Crippen LogP contribution in [0.5, 0.6) is 11.5 Å². The molecule has 6 nitrogen and oxygen atoms in total. The van der Waals surface area contributed by atoms with Crippen molar-refractivity contribution < 1.29 is 9.47 Å². The van der Waals surface area contributed by atoms with Gasteiger partial charge >= 0.3 is 0 Å². The minimum absolute atomic E-state index is 0.199. The SMILES string of the molecule is C#CCOc1ccc(-c2nc3cnccn3c2NC2CCCC2)cc1OC. The average Bonchev–Trinajstić information content (AvgIpc) is 3.35. The van der Waals surface area contributed by atoms with E-state index in [4.69, 9.17) is 20.9 Å². The zero-order valence-electron chi connectivity index (χ0n) is 15.3. The number of fused-ring (bicyclic) bond motifs is 1. The molecule has 1 aliphatic rings. The lowest BCUT2D eigenvalue weighted by molar-refractivity contribution is 0.331. The highest BCUT2D eigenvalue weighted by molar-refractivity contribution is 5.78. The van der Waals surface area contributed by atoms with E-state index in [0.717, 1.165) is 22.7 Å². The number of hydrogen-bond acceptors (Lipinski definition) is 5. The van der Waals surface area contributed by atoms with Gasteiger partial charge in [-0.1, -0.05) is 18.8 Å². The van der Waals surface area contributed by atoms with E-state index in [1.54, 1.807) is 19.5 Å². The van der Waals surface area contributed by atoms with Crippen LogP contribution in [0.4, 0.5) is 5.82 Å². The predicted octanol–water partition coefficient (Wildman–Crippen LogP) is 3.77. The summed E-state index contributed by atoms with van der Waals surface area (Å²) in [6, 6.07) is 6.24. The third kappa shape index (κ3) is 3.41. The number of rotatable bonds is 6. The van der Waals surface area contributed by atoms with Crippen molar-refractivity contribution in [1.29, 1.82) is 0 Å². The van der Waals surface area contributed by atoms with Crippen molar-refractivity contribution >= 4 is 11.5 Å². The standard InChI is InChI=1S/C21H22N4O2/c1-3-12-27-17-9-8-15(13-18(17)26-2)20-21(23-16-6-4-5-7-16)25-11-10-22-14-19(25)24-20/h1,8-11,13-14,16,23H,4-7,12H2,2H3. The number of anilines is 1. The van der Waals surface area contributed by atoms with Crippen LogP contribution in [0.2, 0.25) is 0 Å². The van der Waals surface area contributed by atoms with E-state index in [1.165, 1.54) is 25.7 Å². The topological polar surface area (TPSA) is 60.7 Å². The number of benzene rings is 1. The normalized spacial score (nSPS) is 14.2. The molecule has 138 valence electrons. The van der Waals surface area contributed by atoms with Crippen LogP contribution in [0.15, 0.2) is 36.8 Å². The number of aromatic nitrogens is 3. The van der Waals surface area contributed by atoms with Gasteiger partial charge in [0, 0.05) is 24.0 Å². The first-order chi connectivity index (χ1) is 13.3. The Labute approximate surface area is 158 Å². The molecule has 0 spiro atoms. The lowest BCUT2D eigenvalue weighted by atomic mass is 10.1. The van der Waals surface area contributed by atoms with Crippen LogP contribution in [0.1, 0.15) is 25.7 Å². The lowest BCUT2D eigenvalue weighted by Crippen LogP contribution is -2.16. The highest BCUT2D eigenvalue weighted by Gasteiger charge is 2.21. The van der Waals surface area contributed by atoms with Crippen molar-refractivity contribution in [3.05, 3.63) is 36.8 Å². The Kier molecular flexibility index (Phi) is 4.84. The van der Waals surface area contributed by atoms with Gasteiger partial charge in [0.15, 0.2) is 17.1 Å². The molecule has 1 N–H and O–H groups in total. The van der Waals surface area contributed by atoms with Crippen molar-refractivity contribution in [2.24, 2.45) is 0 Å². The van der Waals surface area contributed by atoms with Gasteiger partial charge in [-0.2, -0.15) is 0 Å². The maximum absolute atomic E-state index is 5.55. The van der Waals surface area contributed by atoms with E-state index < -0.39 is 0 Å². The molecule has 0 amide bonds. The Balaban J connectivity index is 1.77. The fourth-order valence-corrected chi connectivity index (χ4v) is 3.56. The van der Waals surface area contributed by atoms with Crippen molar-refractivity contribution in [2.45, 2.75) is 31.7 Å². The third-order valence-corrected chi connectivity index (χ3v) is 4.87. The summed E-state index contributed by atoms with van der Waals surface area (Å²) in [4.78, 5) is 9.00. The van der Waals surface area contributed by atoms with Crippen LogP contribution in [-0.2, 0) is 0 Å². The molecule has 1 saturated carbocycles. The number of ether oxygens (including phenoxy) is 2. The summed E-state index contributed by atoms with van der Waals surface area (Å²) in [5.74, 6) is 4.71. The van der Waals surface area contributed by atoms with E-state index in [0.29, 0.717) is 17.5 Å². The van der Waals surface area contributed by atoms with Gasteiger partial charge in [-0.3, -0.25) is 9.38 Å². The molecule has 0 aliphatic heterocycles. The first kappa shape index (κ1) is 17.2. The van der Waals surface area contributed by atoms with Crippen molar-refractivity contribution in [3.63, 3.8) is 0 Å². The zero-order valence-corrected chi connectivity index (χ0v) is 15.3. The summed E-state index contributed by atoms with van der Waals surface area (Å²) in [7, 11) is 1.62. The van der Waals surface area contributed by atoms with Crippen LogP contribution in [-0.4, -0.2) is 34.1 Å². The minimum atomic E-state index is 0.199. The van der Waals surface area contributed by atoms with Gasteiger partial charge in [-0.25, -0.2) is 4.98 Å². The largest absolute Gasteiger partial charge is 0.493 e. The second kappa shape index (κ2) is 7.58. The van der Waals surface area contributed by atoms with Crippen LogP contribution < -0.4 is 14.8 Å². The van der Waals surface area contributed by atoms with E-state index in [2.05, 4.69) is 20.6 Å². The molecule has 3 aromatic rings. The Morgan fingerprint density at radius 3 is 2.93 bits per heavy atom. The maximum atomic E-state index is 5.55. The number of nitrogens with zero attached hydrogens (tertiary/aromatic N) is 3. The quantitative estimate of drug-likeness (QED) is 0.677. The van der Waals surface area contributed by atoms with Gasteiger partial charge in [0.25, 0.3) is 0 Å². The second-order valence-electron chi connectivity index (χ2n) is 6.60. The monoisotopic (exact) mass is 362 g/mol. The smallest absolute Gasteiger partial charge is 0.162 e. The molecule has 2 heterocycles. The molecular weight excluding hydrogens is 340 g/mol. The fraction of sp³-hybridized carbons (Fsp3) is 0.333. The summed E-state index contributed by atoms with van der Waals surface area (Å²) in [5, 5.41) is 3.69. The molecule has 27 heavy (non-hydrogen) atoms. The molecule has 1 aromatic carbocycles. The number of hydrogen-bond donors (Lipinski definition) is 1.